The predicted molar refractivity (Wildman–Crippen MR) is 111 cm³/mol. The average molecular weight is 462 g/mol. The molecular weight excluding hydrogens is 445 g/mol. The Labute approximate surface area is 183 Å². The molecule has 4 rings (SSSR count). The van der Waals surface area contributed by atoms with Gasteiger partial charge in [0.05, 0.1) is 11.7 Å². The molecule has 32 heavy (non-hydrogen) atoms. The van der Waals surface area contributed by atoms with E-state index in [0.29, 0.717) is 16.8 Å². The smallest absolute Gasteiger partial charge is 0.415 e. The number of rotatable bonds is 6. The molecule has 1 aromatic carbocycles. The number of hydrogen-bond donors (Lipinski definition) is 2. The van der Waals surface area contributed by atoms with Gasteiger partial charge in [-0.25, -0.2) is 4.68 Å². The maximum atomic E-state index is 13.4. The van der Waals surface area contributed by atoms with Crippen molar-refractivity contribution in [2.45, 2.75) is 25.7 Å². The molecule has 0 saturated carbocycles. The lowest BCUT2D eigenvalue weighted by atomic mass is 10.2. The summed E-state index contributed by atoms with van der Waals surface area (Å²) in [5, 5.41) is 17.8. The van der Waals surface area contributed by atoms with Gasteiger partial charge in [0, 0.05) is 23.6 Å². The molecule has 3 aromatic heterocycles. The molecule has 166 valence electrons. The highest BCUT2D eigenvalue weighted by Crippen LogP contribution is 2.34. The molecule has 1 atom stereocenters. The summed E-state index contributed by atoms with van der Waals surface area (Å²) >= 11 is 1.43. The van der Waals surface area contributed by atoms with Crippen molar-refractivity contribution in [2.75, 3.05) is 0 Å². The molecule has 12 heteroatoms. The van der Waals surface area contributed by atoms with Gasteiger partial charge in [0.15, 0.2) is 5.69 Å². The van der Waals surface area contributed by atoms with E-state index in [-0.39, 0.29) is 29.9 Å². The van der Waals surface area contributed by atoms with Crippen LogP contribution in [0.2, 0.25) is 0 Å². The van der Waals surface area contributed by atoms with Gasteiger partial charge in [-0.05, 0) is 36.1 Å². The Kier molecular flexibility index (Phi) is 5.80. The van der Waals surface area contributed by atoms with Gasteiger partial charge in [0.1, 0.15) is 5.69 Å². The summed E-state index contributed by atoms with van der Waals surface area (Å²) in [7, 11) is 0. The minimum atomic E-state index is -4.67. The first-order valence-electron chi connectivity index (χ1n) is 9.38. The van der Waals surface area contributed by atoms with Gasteiger partial charge in [-0.15, -0.1) is 10.2 Å². The monoisotopic (exact) mass is 462 g/mol. The third-order valence-electron chi connectivity index (χ3n) is 4.45. The molecule has 0 aliphatic rings. The van der Waals surface area contributed by atoms with E-state index >= 15 is 0 Å². The number of amides is 1. The maximum Gasteiger partial charge on any atom is 0.435 e. The number of halogens is 3. The standard InChI is InChI=1S/C20H17F3N6O2S/c1-11(24)17(30)25-9-12-3-2-4-14(7-12)29-15(8-16(28-29)20(21,22)23)19-27-26-18(31-19)13-5-6-32-10-13/h2-8,10-11H,9,24H2,1H3,(H,25,30)/t11-/m0/s1. The fourth-order valence-electron chi connectivity index (χ4n) is 2.85. The van der Waals surface area contributed by atoms with Gasteiger partial charge in [0.25, 0.3) is 5.89 Å². The van der Waals surface area contributed by atoms with Crippen molar-refractivity contribution < 1.29 is 22.4 Å². The van der Waals surface area contributed by atoms with Crippen molar-refractivity contribution in [2.24, 2.45) is 5.73 Å². The van der Waals surface area contributed by atoms with E-state index in [1.54, 1.807) is 42.6 Å². The van der Waals surface area contributed by atoms with Crippen molar-refractivity contribution in [3.8, 4) is 28.7 Å². The summed E-state index contributed by atoms with van der Waals surface area (Å²) in [4.78, 5) is 11.7. The first-order chi connectivity index (χ1) is 15.2. The second-order valence-electron chi connectivity index (χ2n) is 6.93. The fraction of sp³-hybridized carbons (Fsp3) is 0.200. The van der Waals surface area contributed by atoms with Crippen LogP contribution in [-0.4, -0.2) is 31.9 Å². The Morgan fingerprint density at radius 2 is 2.03 bits per heavy atom. The summed E-state index contributed by atoms with van der Waals surface area (Å²) in [5.74, 6) is -0.263. The van der Waals surface area contributed by atoms with E-state index < -0.39 is 17.9 Å². The lowest BCUT2D eigenvalue weighted by Gasteiger charge is -2.10. The number of nitrogens with two attached hydrogens (primary N) is 1. The number of nitrogens with zero attached hydrogens (tertiary/aromatic N) is 4. The molecule has 0 unspecified atom stereocenters. The maximum absolute atomic E-state index is 13.4. The van der Waals surface area contributed by atoms with Crippen LogP contribution in [0.3, 0.4) is 0 Å². The second kappa shape index (κ2) is 8.55. The highest BCUT2D eigenvalue weighted by atomic mass is 32.1. The van der Waals surface area contributed by atoms with Crippen LogP contribution in [0.4, 0.5) is 13.2 Å². The Balaban J connectivity index is 1.72. The second-order valence-corrected chi connectivity index (χ2v) is 7.71. The minimum absolute atomic E-state index is 0.0110. The number of hydrogen-bond acceptors (Lipinski definition) is 7. The Hall–Kier alpha value is -3.51. The van der Waals surface area contributed by atoms with Crippen molar-refractivity contribution >= 4 is 17.2 Å². The molecule has 0 radical (unpaired) electrons. The van der Waals surface area contributed by atoms with Crippen LogP contribution < -0.4 is 11.1 Å². The molecule has 4 aromatic rings. The van der Waals surface area contributed by atoms with Crippen molar-refractivity contribution in [1.82, 2.24) is 25.3 Å². The summed E-state index contributed by atoms with van der Waals surface area (Å²) in [5.41, 5.74) is 6.07. The molecule has 0 spiro atoms. The number of carbonyl (C=O) groups is 1. The first-order valence-corrected chi connectivity index (χ1v) is 10.3. The molecule has 0 aliphatic heterocycles. The fourth-order valence-corrected chi connectivity index (χ4v) is 3.48. The molecule has 0 saturated heterocycles. The molecule has 0 bridgehead atoms. The van der Waals surface area contributed by atoms with Crippen LogP contribution in [0.5, 0.6) is 0 Å². The van der Waals surface area contributed by atoms with E-state index in [1.807, 2.05) is 5.38 Å². The summed E-state index contributed by atoms with van der Waals surface area (Å²) in [6.07, 6.45) is -4.67. The minimum Gasteiger partial charge on any atom is -0.415 e. The van der Waals surface area contributed by atoms with Crippen LogP contribution in [-0.2, 0) is 17.5 Å². The van der Waals surface area contributed by atoms with Crippen LogP contribution >= 0.6 is 11.3 Å². The number of alkyl halides is 3. The van der Waals surface area contributed by atoms with Gasteiger partial charge >= 0.3 is 6.18 Å². The Bertz CT molecular complexity index is 1230. The van der Waals surface area contributed by atoms with Gasteiger partial charge in [-0.2, -0.15) is 29.6 Å². The highest BCUT2D eigenvalue weighted by Gasteiger charge is 2.36. The Morgan fingerprint density at radius 3 is 2.72 bits per heavy atom. The Morgan fingerprint density at radius 1 is 1.25 bits per heavy atom. The van der Waals surface area contributed by atoms with Crippen molar-refractivity contribution in [3.05, 3.63) is 58.4 Å². The molecule has 3 N–H and O–H groups in total. The quantitative estimate of drug-likeness (QED) is 0.453. The zero-order chi connectivity index (χ0) is 22.9. The third-order valence-corrected chi connectivity index (χ3v) is 5.13. The average Bonchev–Trinajstić information content (AvgIpc) is 3.51. The molecule has 1 amide bonds. The van der Waals surface area contributed by atoms with E-state index in [0.717, 1.165) is 10.7 Å². The van der Waals surface area contributed by atoms with Gasteiger partial charge in [-0.3, -0.25) is 4.79 Å². The zero-order valence-electron chi connectivity index (χ0n) is 16.6. The van der Waals surface area contributed by atoms with E-state index in [2.05, 4.69) is 20.6 Å². The summed E-state index contributed by atoms with van der Waals surface area (Å²) in [6.45, 7) is 1.70. The number of aromatic nitrogens is 4. The molecule has 8 nitrogen and oxygen atoms in total. The molecule has 0 aliphatic carbocycles. The molecule has 0 fully saturated rings. The van der Waals surface area contributed by atoms with Crippen molar-refractivity contribution in [3.63, 3.8) is 0 Å². The zero-order valence-corrected chi connectivity index (χ0v) is 17.4. The number of benzene rings is 1. The van der Waals surface area contributed by atoms with Gasteiger partial charge in [0.2, 0.25) is 11.8 Å². The van der Waals surface area contributed by atoms with Gasteiger partial charge in [-0.1, -0.05) is 12.1 Å². The summed E-state index contributed by atoms with van der Waals surface area (Å²) < 4.78 is 46.9. The lowest BCUT2D eigenvalue weighted by molar-refractivity contribution is -0.141. The number of thiophene rings is 1. The van der Waals surface area contributed by atoms with E-state index in [9.17, 15) is 18.0 Å². The highest BCUT2D eigenvalue weighted by molar-refractivity contribution is 7.08. The van der Waals surface area contributed by atoms with Crippen molar-refractivity contribution in [1.29, 1.82) is 0 Å². The topological polar surface area (TPSA) is 112 Å². The van der Waals surface area contributed by atoms with E-state index in [4.69, 9.17) is 10.2 Å². The lowest BCUT2D eigenvalue weighted by Crippen LogP contribution is -2.37. The number of carbonyl (C=O) groups excluding carboxylic acids is 1. The predicted octanol–water partition coefficient (Wildman–Crippen LogP) is 3.63. The molecular formula is C20H17F3N6O2S. The van der Waals surface area contributed by atoms with Crippen LogP contribution in [0.15, 0.2) is 51.6 Å². The van der Waals surface area contributed by atoms with Crippen LogP contribution in [0.25, 0.3) is 28.7 Å². The van der Waals surface area contributed by atoms with E-state index in [1.165, 1.54) is 11.3 Å². The largest absolute Gasteiger partial charge is 0.435 e. The SMILES string of the molecule is C[C@H](N)C(=O)NCc1cccc(-n2nc(C(F)(F)F)cc2-c2nnc(-c3ccsc3)o2)c1. The normalized spacial score (nSPS) is 12.7. The van der Waals surface area contributed by atoms with Gasteiger partial charge < -0.3 is 15.5 Å². The molecule has 3 heterocycles. The third kappa shape index (κ3) is 4.55. The number of nitrogens with one attached hydrogen (secondary N) is 1. The first kappa shape index (κ1) is 21.7. The van der Waals surface area contributed by atoms with Crippen LogP contribution in [0, 0.1) is 0 Å². The summed E-state index contributed by atoms with van der Waals surface area (Å²) in [6, 6.07) is 8.50. The van der Waals surface area contributed by atoms with Crippen LogP contribution in [0.1, 0.15) is 18.2 Å².